The summed E-state index contributed by atoms with van der Waals surface area (Å²) in [6.07, 6.45) is 3.98. The second kappa shape index (κ2) is 5.98. The van der Waals surface area contributed by atoms with Crippen molar-refractivity contribution < 1.29 is 9.13 Å². The Morgan fingerprint density at radius 3 is 3.08 bits per heavy atom. The van der Waals surface area contributed by atoms with Gasteiger partial charge in [0.15, 0.2) is 5.65 Å². The lowest BCUT2D eigenvalue weighted by Crippen LogP contribution is -2.13. The van der Waals surface area contributed by atoms with Crippen LogP contribution in [0.2, 0.25) is 0 Å². The fourth-order valence-electron chi connectivity index (χ4n) is 3.28. The molecule has 0 fully saturated rings. The highest BCUT2D eigenvalue weighted by atomic mass is 19.1. The molecule has 2 aromatic heterocycles. The average Bonchev–Trinajstić information content (AvgIpc) is 3.16. The Kier molecular flexibility index (Phi) is 3.75. The molecule has 0 amide bonds. The molecule has 4 N–H and O–H groups in total. The second-order valence-electron chi connectivity index (χ2n) is 6.53. The van der Waals surface area contributed by atoms with Crippen LogP contribution < -0.4 is 15.8 Å². The van der Waals surface area contributed by atoms with Crippen LogP contribution in [0.3, 0.4) is 0 Å². The fraction of sp³-hybridized carbons (Fsp3) is 0.278. The molecule has 1 aliphatic rings. The summed E-state index contributed by atoms with van der Waals surface area (Å²) in [6, 6.07) is 4.57. The molecule has 8 heteroatoms. The van der Waals surface area contributed by atoms with Crippen molar-refractivity contribution in [2.45, 2.75) is 32.4 Å². The molecule has 0 spiro atoms. The summed E-state index contributed by atoms with van der Waals surface area (Å²) in [5, 5.41) is 15.0. The van der Waals surface area contributed by atoms with Crippen molar-refractivity contribution in [1.29, 1.82) is 5.41 Å². The van der Waals surface area contributed by atoms with Crippen LogP contribution in [0.1, 0.15) is 36.6 Å². The lowest BCUT2D eigenvalue weighted by atomic mass is 10.0. The highest BCUT2D eigenvalue weighted by Gasteiger charge is 2.26. The molecule has 1 aromatic carbocycles. The van der Waals surface area contributed by atoms with Crippen LogP contribution in [0.4, 0.5) is 10.2 Å². The summed E-state index contributed by atoms with van der Waals surface area (Å²) in [4.78, 5) is 4.49. The zero-order valence-electron chi connectivity index (χ0n) is 14.5. The van der Waals surface area contributed by atoms with E-state index in [1.54, 1.807) is 16.8 Å². The summed E-state index contributed by atoms with van der Waals surface area (Å²) in [6.45, 7) is 3.90. The van der Waals surface area contributed by atoms with Gasteiger partial charge in [0.1, 0.15) is 29.3 Å². The molecule has 0 radical (unpaired) electrons. The topological polar surface area (TPSA) is 101 Å². The predicted molar refractivity (Wildman–Crippen MR) is 96.2 cm³/mol. The number of hydrogen-bond acceptors (Lipinski definition) is 5. The van der Waals surface area contributed by atoms with E-state index in [1.165, 1.54) is 18.3 Å². The number of rotatable bonds is 4. The Balaban J connectivity index is 1.67. The van der Waals surface area contributed by atoms with E-state index in [-0.39, 0.29) is 23.8 Å². The van der Waals surface area contributed by atoms with Gasteiger partial charge in [0.05, 0.1) is 17.8 Å². The van der Waals surface area contributed by atoms with Gasteiger partial charge >= 0.3 is 0 Å². The monoisotopic (exact) mass is 354 g/mol. The molecule has 0 saturated heterocycles. The summed E-state index contributed by atoms with van der Waals surface area (Å²) >= 11 is 0. The summed E-state index contributed by atoms with van der Waals surface area (Å²) in [5.74, 6) is 0.956. The first kappa shape index (κ1) is 16.3. The van der Waals surface area contributed by atoms with Gasteiger partial charge in [-0.1, -0.05) is 0 Å². The fourth-order valence-corrected chi connectivity index (χ4v) is 3.28. The van der Waals surface area contributed by atoms with E-state index in [1.807, 2.05) is 13.8 Å². The summed E-state index contributed by atoms with van der Waals surface area (Å²) < 4.78 is 21.4. The molecule has 0 saturated carbocycles. The minimum Gasteiger partial charge on any atom is -0.490 e. The minimum absolute atomic E-state index is 0.0390. The number of nitrogens with two attached hydrogens (primary N) is 1. The zero-order chi connectivity index (χ0) is 18.4. The average molecular weight is 354 g/mol. The number of benzene rings is 1. The molecule has 3 aromatic rings. The number of aromatic nitrogens is 3. The minimum atomic E-state index is -0.275. The number of anilines is 1. The predicted octanol–water partition coefficient (Wildman–Crippen LogP) is 2.65. The molecule has 7 nitrogen and oxygen atoms in total. The first-order valence-corrected chi connectivity index (χ1v) is 8.36. The maximum atomic E-state index is 14.0. The van der Waals surface area contributed by atoms with Gasteiger partial charge in [-0.15, -0.1) is 0 Å². The number of fused-ring (bicyclic) bond motifs is 2. The molecule has 1 aliphatic heterocycles. The van der Waals surface area contributed by atoms with Gasteiger partial charge < -0.3 is 15.8 Å². The number of amidine groups is 1. The number of ether oxygens (including phenoxy) is 1. The van der Waals surface area contributed by atoms with Gasteiger partial charge in [-0.2, -0.15) is 5.10 Å². The van der Waals surface area contributed by atoms with Crippen molar-refractivity contribution in [1.82, 2.24) is 14.6 Å². The third-order valence-electron chi connectivity index (χ3n) is 4.48. The second-order valence-corrected chi connectivity index (χ2v) is 6.53. The smallest absolute Gasteiger partial charge is 0.168 e. The molecular formula is C18H19FN6O. The molecule has 0 bridgehead atoms. The van der Waals surface area contributed by atoms with Crippen molar-refractivity contribution >= 4 is 17.3 Å². The Morgan fingerprint density at radius 1 is 1.50 bits per heavy atom. The first-order chi connectivity index (χ1) is 12.4. The van der Waals surface area contributed by atoms with Crippen molar-refractivity contribution in [2.75, 3.05) is 5.32 Å². The van der Waals surface area contributed by atoms with E-state index in [0.717, 1.165) is 16.9 Å². The molecule has 3 heterocycles. The number of nitrogens with zero attached hydrogens (tertiary/aromatic N) is 3. The first-order valence-electron chi connectivity index (χ1n) is 8.36. The number of halogens is 1. The third kappa shape index (κ3) is 2.73. The number of hydrogen-bond donors (Lipinski definition) is 3. The molecule has 2 atom stereocenters. The molecule has 26 heavy (non-hydrogen) atoms. The Morgan fingerprint density at radius 2 is 2.31 bits per heavy atom. The molecule has 4 rings (SSSR count). The molecular weight excluding hydrogens is 335 g/mol. The lowest BCUT2D eigenvalue weighted by Gasteiger charge is -2.18. The van der Waals surface area contributed by atoms with Crippen molar-refractivity contribution in [3.63, 3.8) is 0 Å². The standard InChI is InChI=1S/C18H19FN6O/c1-9-5-11-6-12(19)7-13(16(11)26-9)10(2)23-15-3-4-25-18(24-15)14(8-22-25)17(20)21/h3-4,6-10H,5H2,1-2H3,(H3,20,21)(H,23,24)/t9-,10+/m0/s1. The highest BCUT2D eigenvalue weighted by molar-refractivity contribution is 6.00. The van der Waals surface area contributed by atoms with Gasteiger partial charge in [-0.05, 0) is 32.0 Å². The number of nitrogens with one attached hydrogen (secondary N) is 2. The van der Waals surface area contributed by atoms with Crippen molar-refractivity contribution in [3.05, 3.63) is 53.1 Å². The van der Waals surface area contributed by atoms with Crippen LogP contribution in [0.25, 0.3) is 5.65 Å². The van der Waals surface area contributed by atoms with Gasteiger partial charge in [0, 0.05) is 23.7 Å². The van der Waals surface area contributed by atoms with Crippen LogP contribution in [0.15, 0.2) is 30.6 Å². The van der Waals surface area contributed by atoms with Crippen LogP contribution in [0, 0.1) is 11.2 Å². The van der Waals surface area contributed by atoms with E-state index in [2.05, 4.69) is 15.4 Å². The highest BCUT2D eigenvalue weighted by Crippen LogP contribution is 2.37. The van der Waals surface area contributed by atoms with Crippen LogP contribution >= 0.6 is 0 Å². The van der Waals surface area contributed by atoms with E-state index in [9.17, 15) is 4.39 Å². The van der Waals surface area contributed by atoms with E-state index in [4.69, 9.17) is 15.9 Å². The van der Waals surface area contributed by atoms with Crippen LogP contribution in [0.5, 0.6) is 5.75 Å². The van der Waals surface area contributed by atoms with E-state index in [0.29, 0.717) is 23.4 Å². The largest absolute Gasteiger partial charge is 0.490 e. The van der Waals surface area contributed by atoms with Crippen molar-refractivity contribution in [2.24, 2.45) is 5.73 Å². The number of nitrogen functional groups attached to an aromatic ring is 1. The van der Waals surface area contributed by atoms with Gasteiger partial charge in [0.2, 0.25) is 0 Å². The molecule has 134 valence electrons. The Bertz CT molecular complexity index is 1010. The van der Waals surface area contributed by atoms with E-state index < -0.39 is 0 Å². The third-order valence-corrected chi connectivity index (χ3v) is 4.48. The maximum Gasteiger partial charge on any atom is 0.168 e. The van der Waals surface area contributed by atoms with Gasteiger partial charge in [0.25, 0.3) is 0 Å². The maximum absolute atomic E-state index is 14.0. The molecule has 0 unspecified atom stereocenters. The van der Waals surface area contributed by atoms with Crippen LogP contribution in [-0.4, -0.2) is 26.5 Å². The summed E-state index contributed by atoms with van der Waals surface area (Å²) in [7, 11) is 0. The lowest BCUT2D eigenvalue weighted by molar-refractivity contribution is 0.252. The van der Waals surface area contributed by atoms with Crippen LogP contribution in [-0.2, 0) is 6.42 Å². The molecule has 0 aliphatic carbocycles. The zero-order valence-corrected chi connectivity index (χ0v) is 14.5. The normalized spacial score (nSPS) is 17.0. The quantitative estimate of drug-likeness (QED) is 0.494. The van der Waals surface area contributed by atoms with E-state index >= 15 is 0 Å². The van der Waals surface area contributed by atoms with Gasteiger partial charge in [-0.25, -0.2) is 13.9 Å². The Labute approximate surface area is 149 Å². The summed E-state index contributed by atoms with van der Waals surface area (Å²) in [5.41, 5.74) is 8.17. The Hall–Kier alpha value is -3.16. The van der Waals surface area contributed by atoms with Gasteiger partial charge in [-0.3, -0.25) is 5.41 Å². The SMILES string of the molecule is C[C@H]1Cc2cc(F)cc([C@@H](C)Nc3ccn4ncc(C(=N)N)c4n3)c2O1. The van der Waals surface area contributed by atoms with Crippen molar-refractivity contribution in [3.8, 4) is 5.75 Å².